The zero-order valence-electron chi connectivity index (χ0n) is 24.8. The maximum atomic E-state index is 13.7. The number of cyclic esters (lactones) is 1. The Labute approximate surface area is 229 Å². The van der Waals surface area contributed by atoms with Gasteiger partial charge in [-0.1, -0.05) is 65.3 Å². The lowest BCUT2D eigenvalue weighted by atomic mass is 9.97. The van der Waals surface area contributed by atoms with Crippen LogP contribution in [0.25, 0.3) is 6.08 Å². The lowest BCUT2D eigenvalue weighted by Gasteiger charge is -2.37. The summed E-state index contributed by atoms with van der Waals surface area (Å²) >= 11 is 0. The standard InChI is InChI=1S/C31H46O6Si/c1-11-13-22-18-23-14-12-15-25-28(36-31(7,8)35-25)24(32)17-16-20(2)21(3)34-29(33)27(23)26(19-22)37-38(9,10)30(4,5)6/h12,14,16-21,25,28H,11,13,15H2,1-10H3/b14-12+,17-16-/t20-,21+,25+,28-/m1/s1. The van der Waals surface area contributed by atoms with Gasteiger partial charge in [0.25, 0.3) is 8.32 Å². The molecule has 2 aliphatic rings. The second kappa shape index (κ2) is 11.5. The second-order valence-corrected chi connectivity index (χ2v) is 17.4. The molecule has 2 aliphatic heterocycles. The first-order chi connectivity index (χ1) is 17.5. The third-order valence-corrected chi connectivity index (χ3v) is 12.2. The number of aryl methyl sites for hydroxylation is 1. The molecule has 0 spiro atoms. The van der Waals surface area contributed by atoms with E-state index < -0.39 is 38.4 Å². The number of esters is 1. The molecule has 7 heteroatoms. The van der Waals surface area contributed by atoms with E-state index in [1.807, 2.05) is 52.0 Å². The molecule has 0 unspecified atom stereocenters. The van der Waals surface area contributed by atoms with Gasteiger partial charge in [0.1, 0.15) is 23.5 Å². The fourth-order valence-corrected chi connectivity index (χ4v) is 5.42. The summed E-state index contributed by atoms with van der Waals surface area (Å²) in [5, 5.41) is -0.0390. The Hall–Kier alpha value is -2.22. The number of benzene rings is 1. The third-order valence-electron chi connectivity index (χ3n) is 7.83. The molecule has 38 heavy (non-hydrogen) atoms. The first-order valence-corrected chi connectivity index (χ1v) is 16.8. The van der Waals surface area contributed by atoms with Gasteiger partial charge in [-0.2, -0.15) is 0 Å². The lowest BCUT2D eigenvalue weighted by molar-refractivity contribution is -0.152. The van der Waals surface area contributed by atoms with E-state index in [2.05, 4.69) is 40.8 Å². The average Bonchev–Trinajstić information content (AvgIpc) is 3.10. The van der Waals surface area contributed by atoms with E-state index >= 15 is 0 Å². The summed E-state index contributed by atoms with van der Waals surface area (Å²) in [7, 11) is -2.25. The Morgan fingerprint density at radius 1 is 1.08 bits per heavy atom. The summed E-state index contributed by atoms with van der Waals surface area (Å²) in [5.74, 6) is -1.01. The Morgan fingerprint density at radius 2 is 1.76 bits per heavy atom. The molecule has 1 fully saturated rings. The van der Waals surface area contributed by atoms with Crippen LogP contribution in [0.2, 0.25) is 18.1 Å². The number of hydrogen-bond donors (Lipinski definition) is 0. The molecule has 0 radical (unpaired) electrons. The Morgan fingerprint density at radius 3 is 2.39 bits per heavy atom. The quantitative estimate of drug-likeness (QED) is 0.294. The van der Waals surface area contributed by atoms with Crippen molar-refractivity contribution >= 4 is 26.1 Å². The van der Waals surface area contributed by atoms with Crippen LogP contribution < -0.4 is 4.43 Å². The molecular formula is C31H46O6Si. The fourth-order valence-electron chi connectivity index (χ4n) is 4.40. The molecule has 0 amide bonds. The summed E-state index contributed by atoms with van der Waals surface area (Å²) in [6, 6.07) is 4.06. The first-order valence-electron chi connectivity index (χ1n) is 13.9. The van der Waals surface area contributed by atoms with Crippen molar-refractivity contribution in [2.45, 2.75) is 117 Å². The van der Waals surface area contributed by atoms with Crippen LogP contribution in [0.15, 0.2) is 30.4 Å². The van der Waals surface area contributed by atoms with Crippen molar-refractivity contribution in [2.75, 3.05) is 0 Å². The van der Waals surface area contributed by atoms with Crippen LogP contribution in [-0.2, 0) is 25.4 Å². The molecule has 1 aromatic rings. The van der Waals surface area contributed by atoms with Crippen molar-refractivity contribution in [2.24, 2.45) is 5.92 Å². The predicted octanol–water partition coefficient (Wildman–Crippen LogP) is 7.27. The van der Waals surface area contributed by atoms with E-state index in [0.29, 0.717) is 17.7 Å². The lowest BCUT2D eigenvalue weighted by Crippen LogP contribution is -2.44. The van der Waals surface area contributed by atoms with Crippen molar-refractivity contribution in [3.8, 4) is 5.75 Å². The summed E-state index contributed by atoms with van der Waals surface area (Å²) in [4.78, 5) is 26.7. The first kappa shape index (κ1) is 30.3. The molecule has 210 valence electrons. The number of hydrogen-bond acceptors (Lipinski definition) is 6. The average molecular weight is 543 g/mol. The van der Waals surface area contributed by atoms with Gasteiger partial charge in [-0.05, 0) is 75.0 Å². The summed E-state index contributed by atoms with van der Waals surface area (Å²) in [6.07, 6.45) is 7.94. The van der Waals surface area contributed by atoms with Gasteiger partial charge in [-0.15, -0.1) is 0 Å². The molecule has 1 aromatic carbocycles. The molecule has 4 atom stereocenters. The monoisotopic (exact) mass is 542 g/mol. The maximum Gasteiger partial charge on any atom is 0.342 e. The molecule has 1 saturated heterocycles. The largest absolute Gasteiger partial charge is 0.543 e. The number of carbonyl (C=O) groups excluding carboxylic acids is 2. The van der Waals surface area contributed by atoms with E-state index in [1.54, 1.807) is 6.08 Å². The molecule has 0 saturated carbocycles. The van der Waals surface area contributed by atoms with Crippen molar-refractivity contribution in [1.82, 2.24) is 0 Å². The highest BCUT2D eigenvalue weighted by atomic mass is 28.4. The van der Waals surface area contributed by atoms with E-state index in [1.165, 1.54) is 6.08 Å². The van der Waals surface area contributed by atoms with Crippen LogP contribution in [0.5, 0.6) is 5.75 Å². The zero-order valence-corrected chi connectivity index (χ0v) is 25.8. The summed E-state index contributed by atoms with van der Waals surface area (Å²) < 4.78 is 24.8. The highest BCUT2D eigenvalue weighted by molar-refractivity contribution is 6.74. The fraction of sp³-hybridized carbons (Fsp3) is 0.613. The highest BCUT2D eigenvalue weighted by Crippen LogP contribution is 2.40. The van der Waals surface area contributed by atoms with Gasteiger partial charge >= 0.3 is 5.97 Å². The minimum atomic E-state index is -2.25. The number of carbonyl (C=O) groups is 2. The number of fused-ring (bicyclic) bond motifs is 2. The van der Waals surface area contributed by atoms with Gasteiger partial charge in [0.15, 0.2) is 11.6 Å². The molecule has 6 nitrogen and oxygen atoms in total. The van der Waals surface area contributed by atoms with Crippen LogP contribution >= 0.6 is 0 Å². The smallest absolute Gasteiger partial charge is 0.342 e. The molecule has 0 N–H and O–H groups in total. The van der Waals surface area contributed by atoms with Gasteiger partial charge in [-0.25, -0.2) is 4.79 Å². The molecular weight excluding hydrogens is 496 g/mol. The van der Waals surface area contributed by atoms with Crippen LogP contribution in [0.1, 0.15) is 89.7 Å². The Balaban J connectivity index is 2.15. The van der Waals surface area contributed by atoms with E-state index in [4.69, 9.17) is 18.6 Å². The minimum Gasteiger partial charge on any atom is -0.543 e. The van der Waals surface area contributed by atoms with Gasteiger partial charge in [0.2, 0.25) is 0 Å². The molecule has 3 rings (SSSR count). The number of ketones is 1. The summed E-state index contributed by atoms with van der Waals surface area (Å²) in [6.45, 7) is 20.5. The van der Waals surface area contributed by atoms with E-state index in [0.717, 1.165) is 24.0 Å². The van der Waals surface area contributed by atoms with Crippen LogP contribution in [0.4, 0.5) is 0 Å². The molecule has 2 heterocycles. The van der Waals surface area contributed by atoms with Crippen LogP contribution in [0, 0.1) is 5.92 Å². The van der Waals surface area contributed by atoms with Gasteiger partial charge in [-0.3, -0.25) is 4.79 Å². The molecule has 0 aliphatic carbocycles. The van der Waals surface area contributed by atoms with Crippen LogP contribution in [0.3, 0.4) is 0 Å². The second-order valence-electron chi connectivity index (χ2n) is 12.6. The number of rotatable bonds is 4. The topological polar surface area (TPSA) is 71.1 Å². The maximum absolute atomic E-state index is 13.7. The molecule has 0 aromatic heterocycles. The van der Waals surface area contributed by atoms with Gasteiger partial charge in [0, 0.05) is 5.92 Å². The van der Waals surface area contributed by atoms with Gasteiger partial charge < -0.3 is 18.6 Å². The Kier molecular flexibility index (Phi) is 9.16. The van der Waals surface area contributed by atoms with E-state index in [-0.39, 0.29) is 16.7 Å². The SMILES string of the molecule is CCCc1cc2c(c(O[Si](C)(C)C(C)(C)C)c1)C(=O)O[C@@H](C)[C@H](C)/C=C\C(=O)[C@H]1OC(C)(C)O[C@H]1C/C=C/2. The van der Waals surface area contributed by atoms with Crippen LogP contribution in [-0.4, -0.2) is 44.2 Å². The van der Waals surface area contributed by atoms with E-state index in [9.17, 15) is 9.59 Å². The normalized spacial score (nSPS) is 28.1. The zero-order chi connectivity index (χ0) is 28.5. The van der Waals surface area contributed by atoms with Crippen molar-refractivity contribution in [1.29, 1.82) is 0 Å². The summed E-state index contributed by atoms with van der Waals surface area (Å²) in [5.41, 5.74) is 2.31. The predicted molar refractivity (Wildman–Crippen MR) is 154 cm³/mol. The minimum absolute atomic E-state index is 0.0390. The van der Waals surface area contributed by atoms with Crippen molar-refractivity contribution in [3.05, 3.63) is 47.1 Å². The van der Waals surface area contributed by atoms with Crippen molar-refractivity contribution in [3.63, 3.8) is 0 Å². The highest BCUT2D eigenvalue weighted by Gasteiger charge is 2.44. The van der Waals surface area contributed by atoms with Crippen molar-refractivity contribution < 1.29 is 28.2 Å². The Bertz CT molecular complexity index is 1090. The molecule has 0 bridgehead atoms. The number of ether oxygens (including phenoxy) is 3. The van der Waals surface area contributed by atoms with Gasteiger partial charge in [0.05, 0.1) is 6.10 Å². The third kappa shape index (κ3) is 7.04.